The largest absolute Gasteiger partial charge is 0.479 e. The number of nitrogens with zero attached hydrogens (tertiary/aromatic N) is 1. The Balaban J connectivity index is 1.28. The van der Waals surface area contributed by atoms with E-state index in [2.05, 4.69) is 29.6 Å². The van der Waals surface area contributed by atoms with Crippen LogP contribution in [0.25, 0.3) is 11.1 Å². The minimum atomic E-state index is -1.15. The molecule has 184 valence electrons. The summed E-state index contributed by atoms with van der Waals surface area (Å²) in [6, 6.07) is 15.4. The van der Waals surface area contributed by atoms with Gasteiger partial charge in [-0.1, -0.05) is 61.9 Å². The zero-order chi connectivity index (χ0) is 24.6. The van der Waals surface area contributed by atoms with Crippen LogP contribution in [0.2, 0.25) is 0 Å². The number of hydrogen-bond donors (Lipinski definition) is 2. The standard InChI is InChI=1S/C28H32N2O5/c1-2-7-24(25(31)30-16-18-12-14-28(30,15-13-18)26(32)33)29-27(34)35-17-23-21-10-5-3-8-19(21)20-9-4-6-11-22(20)23/h3-6,8-11,18,23-24H,2,7,12-17H2,1H3,(H,29,34)(H,32,33). The van der Waals surface area contributed by atoms with Crippen LogP contribution in [0.3, 0.4) is 0 Å². The summed E-state index contributed by atoms with van der Waals surface area (Å²) >= 11 is 0. The normalized spacial score (nSPS) is 23.3. The first-order valence-corrected chi connectivity index (χ1v) is 12.6. The summed E-state index contributed by atoms with van der Waals surface area (Å²) in [6.45, 7) is 2.55. The number of carboxylic acid groups (broad SMARTS) is 1. The summed E-state index contributed by atoms with van der Waals surface area (Å²) in [5, 5.41) is 12.7. The zero-order valence-electron chi connectivity index (χ0n) is 20.0. The van der Waals surface area contributed by atoms with E-state index in [-0.39, 0.29) is 18.4 Å². The molecule has 7 heteroatoms. The molecule has 0 spiro atoms. The first-order valence-electron chi connectivity index (χ1n) is 12.6. The van der Waals surface area contributed by atoms with Crippen LogP contribution in [0.1, 0.15) is 62.5 Å². The minimum absolute atomic E-state index is 0.0680. The molecule has 6 rings (SSSR count). The SMILES string of the molecule is CCCC(NC(=O)OCC1c2ccccc2-c2ccccc21)C(=O)N1CC2CCC1(C(=O)O)CC2. The number of fused-ring (bicyclic) bond motifs is 6. The van der Waals surface area contributed by atoms with Crippen molar-refractivity contribution < 1.29 is 24.2 Å². The molecule has 2 N–H and O–H groups in total. The van der Waals surface area contributed by atoms with Crippen LogP contribution in [0.4, 0.5) is 4.79 Å². The van der Waals surface area contributed by atoms with E-state index < -0.39 is 23.6 Å². The second-order valence-corrected chi connectivity index (χ2v) is 10.0. The number of carbonyl (C=O) groups excluding carboxylic acids is 2. The van der Waals surface area contributed by atoms with Gasteiger partial charge in [0.1, 0.15) is 18.2 Å². The molecule has 2 aliphatic heterocycles. The number of benzene rings is 2. The lowest BCUT2D eigenvalue weighted by Gasteiger charge is -2.52. The molecule has 2 aromatic rings. The Morgan fingerprint density at radius 2 is 1.66 bits per heavy atom. The number of amides is 2. The van der Waals surface area contributed by atoms with Crippen molar-refractivity contribution >= 4 is 18.0 Å². The van der Waals surface area contributed by atoms with E-state index in [0.717, 1.165) is 35.1 Å². The topological polar surface area (TPSA) is 95.9 Å². The van der Waals surface area contributed by atoms with E-state index >= 15 is 0 Å². The Morgan fingerprint density at radius 3 is 2.23 bits per heavy atom. The first-order chi connectivity index (χ1) is 16.9. The maximum Gasteiger partial charge on any atom is 0.407 e. The predicted octanol–water partition coefficient (Wildman–Crippen LogP) is 4.55. The number of aliphatic carboxylic acids is 1. The van der Waals surface area contributed by atoms with Crippen molar-refractivity contribution in [2.24, 2.45) is 5.92 Å². The highest BCUT2D eigenvalue weighted by Gasteiger charge is 2.54. The second-order valence-electron chi connectivity index (χ2n) is 10.0. The lowest BCUT2D eigenvalue weighted by molar-refractivity contribution is -0.171. The predicted molar refractivity (Wildman–Crippen MR) is 131 cm³/mol. The van der Waals surface area contributed by atoms with E-state index in [4.69, 9.17) is 4.74 Å². The number of nitrogens with one attached hydrogen (secondary N) is 1. The smallest absolute Gasteiger partial charge is 0.407 e. The van der Waals surface area contributed by atoms with Crippen molar-refractivity contribution in [3.8, 4) is 11.1 Å². The molecule has 2 amide bonds. The molecular formula is C28H32N2O5. The van der Waals surface area contributed by atoms with Crippen molar-refractivity contribution in [1.29, 1.82) is 0 Å². The van der Waals surface area contributed by atoms with Crippen molar-refractivity contribution in [2.75, 3.05) is 13.2 Å². The summed E-state index contributed by atoms with van der Waals surface area (Å²) in [4.78, 5) is 40.1. The number of carboxylic acids is 1. The highest BCUT2D eigenvalue weighted by Crippen LogP contribution is 2.45. The van der Waals surface area contributed by atoms with Crippen LogP contribution in [-0.2, 0) is 14.3 Å². The fraction of sp³-hybridized carbons (Fsp3) is 0.464. The van der Waals surface area contributed by atoms with Gasteiger partial charge in [-0.05, 0) is 60.3 Å². The summed E-state index contributed by atoms with van der Waals surface area (Å²) in [6.07, 6.45) is 3.07. The van der Waals surface area contributed by atoms with Gasteiger partial charge < -0.3 is 20.1 Å². The summed E-state index contributed by atoms with van der Waals surface area (Å²) < 4.78 is 5.65. The number of carbonyl (C=O) groups is 3. The lowest BCUT2D eigenvalue weighted by Crippen LogP contribution is -2.67. The molecule has 2 aliphatic carbocycles. The van der Waals surface area contributed by atoms with Crippen LogP contribution in [0.15, 0.2) is 48.5 Å². The lowest BCUT2D eigenvalue weighted by atomic mass is 9.70. The maximum atomic E-state index is 13.5. The second kappa shape index (κ2) is 9.36. The van der Waals surface area contributed by atoms with Gasteiger partial charge in [-0.3, -0.25) is 4.79 Å². The van der Waals surface area contributed by atoms with Gasteiger partial charge in [0.05, 0.1) is 0 Å². The van der Waals surface area contributed by atoms with Crippen LogP contribution < -0.4 is 5.32 Å². The molecule has 35 heavy (non-hydrogen) atoms. The minimum Gasteiger partial charge on any atom is -0.479 e. The van der Waals surface area contributed by atoms with Gasteiger partial charge in [-0.25, -0.2) is 9.59 Å². The number of hydrogen-bond acceptors (Lipinski definition) is 4. The average molecular weight is 477 g/mol. The Bertz CT molecular complexity index is 1090. The van der Waals surface area contributed by atoms with Gasteiger partial charge in [0.25, 0.3) is 0 Å². The average Bonchev–Trinajstić information content (AvgIpc) is 3.21. The first kappa shape index (κ1) is 23.4. The Morgan fingerprint density at radius 1 is 1.06 bits per heavy atom. The number of ether oxygens (including phenoxy) is 1. The van der Waals surface area contributed by atoms with E-state index in [9.17, 15) is 19.5 Å². The van der Waals surface area contributed by atoms with E-state index in [1.807, 2.05) is 31.2 Å². The van der Waals surface area contributed by atoms with Gasteiger partial charge in [-0.2, -0.15) is 0 Å². The number of piperidine rings is 2. The van der Waals surface area contributed by atoms with Gasteiger partial charge in [-0.15, -0.1) is 0 Å². The highest BCUT2D eigenvalue weighted by molar-refractivity contribution is 5.92. The van der Waals surface area contributed by atoms with Crippen LogP contribution in [0.5, 0.6) is 0 Å². The molecule has 2 aromatic carbocycles. The quantitative estimate of drug-likeness (QED) is 0.611. The molecule has 0 aromatic heterocycles. The van der Waals surface area contributed by atoms with Crippen LogP contribution in [-0.4, -0.2) is 52.7 Å². The van der Waals surface area contributed by atoms with Gasteiger partial charge in [0.15, 0.2) is 0 Å². The Labute approximate surface area is 205 Å². The molecule has 2 heterocycles. The third-order valence-electron chi connectivity index (χ3n) is 8.07. The fourth-order valence-electron chi connectivity index (χ4n) is 6.19. The third kappa shape index (κ3) is 4.07. The van der Waals surface area contributed by atoms with Crippen molar-refractivity contribution in [2.45, 2.75) is 62.9 Å². The van der Waals surface area contributed by atoms with Crippen molar-refractivity contribution in [3.05, 3.63) is 59.7 Å². The summed E-state index contributed by atoms with van der Waals surface area (Å²) in [5.74, 6) is -0.994. The van der Waals surface area contributed by atoms with Crippen LogP contribution >= 0.6 is 0 Å². The molecule has 4 aliphatic rings. The fourth-order valence-corrected chi connectivity index (χ4v) is 6.19. The van der Waals surface area contributed by atoms with Gasteiger partial charge >= 0.3 is 12.1 Å². The Hall–Kier alpha value is -3.35. The summed E-state index contributed by atoms with van der Waals surface area (Å²) in [7, 11) is 0. The molecule has 1 unspecified atom stereocenters. The highest BCUT2D eigenvalue weighted by atomic mass is 16.5. The van der Waals surface area contributed by atoms with Gasteiger partial charge in [0, 0.05) is 12.5 Å². The van der Waals surface area contributed by atoms with E-state index in [0.29, 0.717) is 38.1 Å². The third-order valence-corrected chi connectivity index (χ3v) is 8.07. The number of alkyl carbamates (subject to hydrolysis) is 1. The van der Waals surface area contributed by atoms with Crippen molar-refractivity contribution in [1.82, 2.24) is 10.2 Å². The van der Waals surface area contributed by atoms with E-state index in [1.165, 1.54) is 4.90 Å². The zero-order valence-corrected chi connectivity index (χ0v) is 20.0. The van der Waals surface area contributed by atoms with Crippen LogP contribution in [0, 0.1) is 5.92 Å². The molecule has 2 saturated heterocycles. The molecule has 0 radical (unpaired) electrons. The summed E-state index contributed by atoms with van der Waals surface area (Å²) in [5.41, 5.74) is 3.39. The van der Waals surface area contributed by atoms with E-state index in [1.54, 1.807) is 0 Å². The van der Waals surface area contributed by atoms with Crippen molar-refractivity contribution in [3.63, 3.8) is 0 Å². The maximum absolute atomic E-state index is 13.5. The van der Waals surface area contributed by atoms with Gasteiger partial charge in [0.2, 0.25) is 5.91 Å². The Kier molecular flexibility index (Phi) is 6.26. The monoisotopic (exact) mass is 476 g/mol. The molecule has 3 fully saturated rings. The molecular weight excluding hydrogens is 444 g/mol. The molecule has 7 nitrogen and oxygen atoms in total. The molecule has 1 saturated carbocycles. The number of rotatable bonds is 7. The molecule has 1 atom stereocenters. The molecule has 2 bridgehead atoms.